The van der Waals surface area contributed by atoms with Crippen molar-refractivity contribution in [1.29, 1.82) is 0 Å². The number of anilines is 1. The smallest absolute Gasteiger partial charge is 0.322 e. The number of carbonyl (C=O) groups is 1. The highest BCUT2D eigenvalue weighted by molar-refractivity contribution is 6.31. The van der Waals surface area contributed by atoms with Gasteiger partial charge in [-0.3, -0.25) is 0 Å². The van der Waals surface area contributed by atoms with Crippen molar-refractivity contribution < 1.29 is 4.79 Å². The maximum Gasteiger partial charge on any atom is 0.322 e. The Bertz CT molecular complexity index is 982. The molecule has 0 spiro atoms. The second-order valence-corrected chi connectivity index (χ2v) is 7.95. The zero-order valence-corrected chi connectivity index (χ0v) is 18.7. The Kier molecular flexibility index (Phi) is 7.58. The summed E-state index contributed by atoms with van der Waals surface area (Å²) in [6.45, 7) is 7.50. The standard InChI is InChI=1S/C25H30ClN3O/c1-4-19(3)29(25(30)27-24-15-9-7-11-20(24)5-2)18-22-13-10-16-28(22)17-21-12-6-8-14-23(21)26/h6-16,19H,4-5,17-18H2,1-3H3,(H,27,30)/t19-/m0/s1. The molecule has 158 valence electrons. The van der Waals surface area contributed by atoms with Crippen LogP contribution in [0.1, 0.15) is 44.0 Å². The Balaban J connectivity index is 1.80. The first kappa shape index (κ1) is 22.0. The van der Waals surface area contributed by atoms with E-state index >= 15 is 0 Å². The number of aromatic nitrogens is 1. The summed E-state index contributed by atoms with van der Waals surface area (Å²) in [5.74, 6) is 0. The van der Waals surface area contributed by atoms with E-state index in [1.165, 1.54) is 0 Å². The van der Waals surface area contributed by atoms with Crippen LogP contribution in [-0.4, -0.2) is 21.5 Å². The maximum absolute atomic E-state index is 13.2. The molecule has 0 aliphatic heterocycles. The van der Waals surface area contributed by atoms with Gasteiger partial charge in [-0.15, -0.1) is 0 Å². The van der Waals surface area contributed by atoms with Crippen LogP contribution in [0, 0.1) is 0 Å². The highest BCUT2D eigenvalue weighted by Crippen LogP contribution is 2.21. The first-order chi connectivity index (χ1) is 14.5. The van der Waals surface area contributed by atoms with Crippen LogP contribution in [0.2, 0.25) is 5.02 Å². The van der Waals surface area contributed by atoms with Crippen molar-refractivity contribution in [3.05, 3.63) is 88.7 Å². The lowest BCUT2D eigenvalue weighted by Gasteiger charge is -2.29. The van der Waals surface area contributed by atoms with Crippen molar-refractivity contribution in [2.45, 2.75) is 52.7 Å². The summed E-state index contributed by atoms with van der Waals surface area (Å²) in [5.41, 5.74) is 4.16. The van der Waals surface area contributed by atoms with Crippen molar-refractivity contribution in [3.8, 4) is 0 Å². The predicted molar refractivity (Wildman–Crippen MR) is 125 cm³/mol. The fourth-order valence-corrected chi connectivity index (χ4v) is 3.71. The number of halogens is 1. The molecule has 3 aromatic rings. The van der Waals surface area contributed by atoms with Crippen LogP contribution in [0.3, 0.4) is 0 Å². The third kappa shape index (κ3) is 5.25. The van der Waals surface area contributed by atoms with Crippen LogP contribution < -0.4 is 5.32 Å². The molecule has 0 radical (unpaired) electrons. The average molecular weight is 424 g/mol. The highest BCUT2D eigenvalue weighted by atomic mass is 35.5. The van der Waals surface area contributed by atoms with Gasteiger partial charge in [-0.1, -0.05) is 61.8 Å². The topological polar surface area (TPSA) is 37.3 Å². The second-order valence-electron chi connectivity index (χ2n) is 7.54. The van der Waals surface area contributed by atoms with Crippen LogP contribution in [0.5, 0.6) is 0 Å². The van der Waals surface area contributed by atoms with Crippen LogP contribution in [0.25, 0.3) is 0 Å². The lowest BCUT2D eigenvalue weighted by Crippen LogP contribution is -2.41. The number of rotatable bonds is 8. The van der Waals surface area contributed by atoms with Crippen LogP contribution >= 0.6 is 11.6 Å². The Labute approximate surface area is 184 Å². The molecule has 1 atom stereocenters. The van der Waals surface area contributed by atoms with Gasteiger partial charge in [0.2, 0.25) is 0 Å². The molecule has 30 heavy (non-hydrogen) atoms. The van der Waals surface area contributed by atoms with E-state index in [0.29, 0.717) is 13.1 Å². The normalized spacial score (nSPS) is 11.9. The molecule has 0 saturated carbocycles. The van der Waals surface area contributed by atoms with Crippen LogP contribution in [0.15, 0.2) is 66.9 Å². The number of carbonyl (C=O) groups excluding carboxylic acids is 1. The van der Waals surface area contributed by atoms with E-state index in [4.69, 9.17) is 11.6 Å². The molecule has 1 aromatic heterocycles. The summed E-state index contributed by atoms with van der Waals surface area (Å²) >= 11 is 6.35. The van der Waals surface area contributed by atoms with E-state index in [1.807, 2.05) is 59.6 Å². The lowest BCUT2D eigenvalue weighted by atomic mass is 10.1. The molecular weight excluding hydrogens is 394 g/mol. The van der Waals surface area contributed by atoms with Gasteiger partial charge < -0.3 is 14.8 Å². The van der Waals surface area contributed by atoms with Gasteiger partial charge >= 0.3 is 6.03 Å². The fourth-order valence-electron chi connectivity index (χ4n) is 3.52. The fraction of sp³-hybridized carbons (Fsp3) is 0.320. The third-order valence-corrected chi connectivity index (χ3v) is 5.95. The van der Waals surface area contributed by atoms with Gasteiger partial charge in [0, 0.05) is 35.2 Å². The van der Waals surface area contributed by atoms with Crippen LogP contribution in [-0.2, 0) is 19.5 Å². The molecule has 2 aromatic carbocycles. The summed E-state index contributed by atoms with van der Waals surface area (Å²) in [6.07, 6.45) is 3.80. The second kappa shape index (κ2) is 10.4. The van der Waals surface area contributed by atoms with E-state index < -0.39 is 0 Å². The molecule has 0 bridgehead atoms. The minimum atomic E-state index is -0.0734. The largest absolute Gasteiger partial charge is 0.345 e. The summed E-state index contributed by atoms with van der Waals surface area (Å²) < 4.78 is 2.16. The van der Waals surface area contributed by atoms with Gasteiger partial charge in [0.1, 0.15) is 0 Å². The molecule has 0 aliphatic carbocycles. The van der Waals surface area contributed by atoms with Crippen LogP contribution in [0.4, 0.5) is 10.5 Å². The Morgan fingerprint density at radius 2 is 1.73 bits per heavy atom. The summed E-state index contributed by atoms with van der Waals surface area (Å²) in [4.78, 5) is 15.1. The van der Waals surface area contributed by atoms with Gasteiger partial charge in [0.05, 0.1) is 6.54 Å². The van der Waals surface area contributed by atoms with Gasteiger partial charge in [-0.25, -0.2) is 4.79 Å². The number of nitrogens with one attached hydrogen (secondary N) is 1. The minimum Gasteiger partial charge on any atom is -0.345 e. The first-order valence-electron chi connectivity index (χ1n) is 10.6. The monoisotopic (exact) mass is 423 g/mol. The number of amides is 2. The van der Waals surface area contributed by atoms with E-state index in [9.17, 15) is 4.79 Å². The summed E-state index contributed by atoms with van der Waals surface area (Å²) in [7, 11) is 0. The van der Waals surface area contributed by atoms with Gasteiger partial charge in [0.15, 0.2) is 0 Å². The molecule has 0 fully saturated rings. The van der Waals surface area contributed by atoms with Gasteiger partial charge in [-0.05, 0) is 55.2 Å². The summed E-state index contributed by atoms with van der Waals surface area (Å²) in [6, 6.07) is 20.0. The maximum atomic E-state index is 13.2. The molecule has 5 heteroatoms. The Hall–Kier alpha value is -2.72. The molecule has 1 heterocycles. The number of para-hydroxylation sites is 1. The van der Waals surface area contributed by atoms with E-state index in [1.54, 1.807) is 0 Å². The first-order valence-corrected chi connectivity index (χ1v) is 10.9. The number of hydrogen-bond donors (Lipinski definition) is 1. The molecule has 2 amide bonds. The van der Waals surface area contributed by atoms with Crippen molar-refractivity contribution in [3.63, 3.8) is 0 Å². The molecule has 4 nitrogen and oxygen atoms in total. The lowest BCUT2D eigenvalue weighted by molar-refractivity contribution is 0.185. The van der Waals surface area contributed by atoms with Crippen molar-refractivity contribution in [1.82, 2.24) is 9.47 Å². The molecule has 0 aliphatic rings. The van der Waals surface area contributed by atoms with Crippen molar-refractivity contribution >= 4 is 23.3 Å². The summed E-state index contributed by atoms with van der Waals surface area (Å²) in [5, 5.41) is 3.88. The molecular formula is C25H30ClN3O. The number of benzene rings is 2. The van der Waals surface area contributed by atoms with Crippen molar-refractivity contribution in [2.75, 3.05) is 5.32 Å². The SMILES string of the molecule is CCc1ccccc1NC(=O)N(Cc1cccn1Cc1ccccc1Cl)[C@@H](C)CC. The number of hydrogen-bond acceptors (Lipinski definition) is 1. The van der Waals surface area contributed by atoms with E-state index in [0.717, 1.165) is 40.4 Å². The zero-order chi connectivity index (χ0) is 21.5. The predicted octanol–water partition coefficient (Wildman–Crippen LogP) is 6.58. The number of urea groups is 1. The molecule has 0 unspecified atom stereocenters. The molecule has 0 saturated heterocycles. The third-order valence-electron chi connectivity index (χ3n) is 5.58. The molecule has 3 rings (SSSR count). The van der Waals surface area contributed by atoms with E-state index in [-0.39, 0.29) is 12.1 Å². The molecule has 1 N–H and O–H groups in total. The van der Waals surface area contributed by atoms with Gasteiger partial charge in [-0.2, -0.15) is 0 Å². The quantitative estimate of drug-likeness (QED) is 0.436. The number of nitrogens with zero attached hydrogens (tertiary/aromatic N) is 2. The average Bonchev–Trinajstić information content (AvgIpc) is 3.20. The number of aryl methyl sites for hydroxylation is 1. The highest BCUT2D eigenvalue weighted by Gasteiger charge is 2.21. The Morgan fingerprint density at radius 3 is 2.43 bits per heavy atom. The minimum absolute atomic E-state index is 0.0734. The zero-order valence-electron chi connectivity index (χ0n) is 17.9. The Morgan fingerprint density at radius 1 is 1.03 bits per heavy atom. The van der Waals surface area contributed by atoms with Crippen molar-refractivity contribution in [2.24, 2.45) is 0 Å². The van der Waals surface area contributed by atoms with E-state index in [2.05, 4.69) is 42.8 Å². The van der Waals surface area contributed by atoms with Gasteiger partial charge in [0.25, 0.3) is 0 Å².